The van der Waals surface area contributed by atoms with E-state index in [-0.39, 0.29) is 12.5 Å². The lowest BCUT2D eigenvalue weighted by atomic mass is 10.0. The molecule has 1 amide bonds. The molecule has 2 heterocycles. The minimum Gasteiger partial charge on any atom is -0.490 e. The highest BCUT2D eigenvalue weighted by Crippen LogP contribution is 2.35. The number of nitrogens with zero attached hydrogens (tertiary/aromatic N) is 3. The number of aliphatic hydroxyl groups excluding tert-OH is 1. The van der Waals surface area contributed by atoms with E-state index in [4.69, 9.17) is 9.57 Å². The van der Waals surface area contributed by atoms with Crippen molar-refractivity contribution in [2.45, 2.75) is 38.7 Å². The molecule has 2 aliphatic rings. The summed E-state index contributed by atoms with van der Waals surface area (Å²) in [6.45, 7) is 7.05. The van der Waals surface area contributed by atoms with Crippen molar-refractivity contribution in [1.82, 2.24) is 4.90 Å². The number of piperazine rings is 1. The van der Waals surface area contributed by atoms with Gasteiger partial charge in [-0.05, 0) is 56.0 Å². The highest BCUT2D eigenvalue weighted by Gasteiger charge is 2.28. The quantitative estimate of drug-likeness (QED) is 0.372. The molecule has 0 saturated carbocycles. The molecule has 1 atom stereocenters. The molecule has 1 N–H and O–H groups in total. The molecule has 0 radical (unpaired) electrons. The maximum atomic E-state index is 12.7. The Kier molecular flexibility index (Phi) is 9.14. The van der Waals surface area contributed by atoms with E-state index in [1.807, 2.05) is 36.4 Å². The van der Waals surface area contributed by atoms with Crippen LogP contribution in [-0.2, 0) is 22.5 Å². The molecule has 1 saturated heterocycles. The Morgan fingerprint density at radius 1 is 0.897 bits per heavy atom. The van der Waals surface area contributed by atoms with Crippen LogP contribution in [0.2, 0.25) is 0 Å². The molecule has 3 aromatic rings. The van der Waals surface area contributed by atoms with E-state index in [1.165, 1.54) is 21.9 Å². The summed E-state index contributed by atoms with van der Waals surface area (Å²) in [6.07, 6.45) is 2.11. The maximum Gasteiger partial charge on any atom is 0.251 e. The zero-order chi connectivity index (χ0) is 27.0. The summed E-state index contributed by atoms with van der Waals surface area (Å²) >= 11 is 0. The Bertz CT molecular complexity index is 1210. The van der Waals surface area contributed by atoms with Crippen LogP contribution < -0.4 is 14.7 Å². The van der Waals surface area contributed by atoms with Gasteiger partial charge in [-0.1, -0.05) is 54.1 Å². The fourth-order valence-electron chi connectivity index (χ4n) is 5.30. The number of anilines is 2. The fourth-order valence-corrected chi connectivity index (χ4v) is 5.30. The molecular weight excluding hydrogens is 490 g/mol. The zero-order valence-electron chi connectivity index (χ0n) is 22.8. The predicted octanol–water partition coefficient (Wildman–Crippen LogP) is 4.40. The van der Waals surface area contributed by atoms with Gasteiger partial charge in [0.05, 0.1) is 12.3 Å². The monoisotopic (exact) mass is 529 g/mol. The minimum atomic E-state index is -0.595. The molecule has 1 fully saturated rings. The summed E-state index contributed by atoms with van der Waals surface area (Å²) in [4.78, 5) is 23.3. The molecule has 3 aromatic carbocycles. The second-order valence-corrected chi connectivity index (χ2v) is 10.5. The van der Waals surface area contributed by atoms with E-state index in [0.29, 0.717) is 31.7 Å². The van der Waals surface area contributed by atoms with Gasteiger partial charge >= 0.3 is 0 Å². The van der Waals surface area contributed by atoms with E-state index >= 15 is 0 Å². The van der Waals surface area contributed by atoms with E-state index in [0.717, 1.165) is 50.3 Å². The van der Waals surface area contributed by atoms with Crippen molar-refractivity contribution < 1.29 is 19.5 Å². The minimum absolute atomic E-state index is 0.0378. The van der Waals surface area contributed by atoms with E-state index in [9.17, 15) is 9.90 Å². The van der Waals surface area contributed by atoms with Gasteiger partial charge in [-0.2, -0.15) is 5.06 Å². The van der Waals surface area contributed by atoms with E-state index in [1.54, 1.807) is 0 Å². The molecular formula is C32H39N3O4. The van der Waals surface area contributed by atoms with Gasteiger partial charge in [-0.25, -0.2) is 0 Å². The topological polar surface area (TPSA) is 65.5 Å². The van der Waals surface area contributed by atoms with Crippen LogP contribution in [0, 0.1) is 6.92 Å². The number of amides is 1. The number of hydroxylamine groups is 1. The number of hydrogen-bond acceptors (Lipinski definition) is 6. The Hall–Kier alpha value is -3.39. The van der Waals surface area contributed by atoms with Gasteiger partial charge in [0.2, 0.25) is 0 Å². The van der Waals surface area contributed by atoms with Crippen molar-refractivity contribution >= 4 is 17.3 Å². The molecule has 39 heavy (non-hydrogen) atoms. The van der Waals surface area contributed by atoms with Crippen LogP contribution in [0.3, 0.4) is 0 Å². The van der Waals surface area contributed by atoms with Crippen molar-refractivity contribution in [2.75, 3.05) is 55.9 Å². The number of hydrogen-bond donors (Lipinski definition) is 1. The van der Waals surface area contributed by atoms with Gasteiger partial charge in [0.25, 0.3) is 5.91 Å². The number of ether oxygens (including phenoxy) is 1. The van der Waals surface area contributed by atoms with Crippen LogP contribution in [0.1, 0.15) is 29.5 Å². The van der Waals surface area contributed by atoms with Gasteiger partial charge in [0.15, 0.2) is 0 Å². The van der Waals surface area contributed by atoms with Crippen LogP contribution >= 0.6 is 0 Å². The van der Waals surface area contributed by atoms with Crippen LogP contribution in [0.15, 0.2) is 72.8 Å². The lowest BCUT2D eigenvalue weighted by molar-refractivity contribution is -0.126. The smallest absolute Gasteiger partial charge is 0.251 e. The molecule has 0 bridgehead atoms. The maximum absolute atomic E-state index is 12.7. The lowest BCUT2D eigenvalue weighted by Gasteiger charge is -2.37. The fraction of sp³-hybridized carbons (Fsp3) is 0.406. The molecule has 5 rings (SSSR count). The Balaban J connectivity index is 1.10. The van der Waals surface area contributed by atoms with Gasteiger partial charge in [-0.15, -0.1) is 0 Å². The Morgan fingerprint density at radius 2 is 1.67 bits per heavy atom. The lowest BCUT2D eigenvalue weighted by Crippen LogP contribution is -2.49. The van der Waals surface area contributed by atoms with E-state index < -0.39 is 6.10 Å². The zero-order valence-corrected chi connectivity index (χ0v) is 22.8. The number of benzene rings is 3. The first kappa shape index (κ1) is 27.2. The van der Waals surface area contributed by atoms with Crippen LogP contribution in [0.4, 0.5) is 11.4 Å². The summed E-state index contributed by atoms with van der Waals surface area (Å²) in [5.41, 5.74) is 5.48. The summed E-state index contributed by atoms with van der Waals surface area (Å²) < 4.78 is 6.10. The van der Waals surface area contributed by atoms with Crippen LogP contribution in [0.5, 0.6) is 5.75 Å². The third kappa shape index (κ3) is 7.18. The molecule has 0 spiro atoms. The van der Waals surface area contributed by atoms with E-state index in [2.05, 4.69) is 53.1 Å². The van der Waals surface area contributed by atoms with Gasteiger partial charge in [0, 0.05) is 50.4 Å². The first-order chi connectivity index (χ1) is 19.1. The first-order valence-corrected chi connectivity index (χ1v) is 14.0. The summed E-state index contributed by atoms with van der Waals surface area (Å²) in [7, 11) is 0. The van der Waals surface area contributed by atoms with Crippen molar-refractivity contribution in [1.29, 1.82) is 0 Å². The highest BCUT2D eigenvalue weighted by molar-refractivity contribution is 5.95. The van der Waals surface area contributed by atoms with Crippen molar-refractivity contribution in [2.24, 2.45) is 0 Å². The van der Waals surface area contributed by atoms with Crippen LogP contribution in [-0.4, -0.2) is 68.0 Å². The predicted molar refractivity (Wildman–Crippen MR) is 154 cm³/mol. The second-order valence-electron chi connectivity index (χ2n) is 10.5. The molecule has 7 nitrogen and oxygen atoms in total. The van der Waals surface area contributed by atoms with Gasteiger partial charge in [0.1, 0.15) is 18.5 Å². The van der Waals surface area contributed by atoms with Crippen molar-refractivity contribution in [3.63, 3.8) is 0 Å². The number of β-amino-alcohol motifs (C(OH)–C–C–N with tert-alkyl or cyclic N) is 1. The number of rotatable bonds is 11. The van der Waals surface area contributed by atoms with Crippen LogP contribution in [0.25, 0.3) is 0 Å². The number of fused-ring (bicyclic) bond motifs is 1. The molecule has 2 aliphatic heterocycles. The second kappa shape index (κ2) is 13.1. The number of carbonyl (C=O) groups is 1. The summed E-state index contributed by atoms with van der Waals surface area (Å²) in [5.74, 6) is 0.672. The SMILES string of the molecule is Cc1ccc(N2CCN(CC(O)COc3cccc4c3CCC(=O)N4OCCCc3ccccc3)CC2)cc1. The summed E-state index contributed by atoms with van der Waals surface area (Å²) in [5, 5.41) is 12.2. The van der Waals surface area contributed by atoms with Gasteiger partial charge in [-0.3, -0.25) is 14.5 Å². The Morgan fingerprint density at radius 3 is 2.44 bits per heavy atom. The third-order valence-corrected chi connectivity index (χ3v) is 7.49. The van der Waals surface area contributed by atoms with Crippen molar-refractivity contribution in [3.05, 3.63) is 89.5 Å². The summed E-state index contributed by atoms with van der Waals surface area (Å²) in [6, 6.07) is 24.6. The Labute approximate surface area is 231 Å². The van der Waals surface area contributed by atoms with Gasteiger partial charge < -0.3 is 14.7 Å². The molecule has 1 unspecified atom stereocenters. The average molecular weight is 530 g/mol. The normalized spacial score (nSPS) is 16.7. The number of aryl methyl sites for hydroxylation is 2. The molecule has 7 heteroatoms. The number of carbonyl (C=O) groups excluding carboxylic acids is 1. The largest absolute Gasteiger partial charge is 0.490 e. The van der Waals surface area contributed by atoms with Crippen molar-refractivity contribution in [3.8, 4) is 5.75 Å². The average Bonchev–Trinajstić information content (AvgIpc) is 2.96. The standard InChI is InChI=1S/C32H39N3O4/c1-25-12-14-27(15-13-25)34-20-18-33(19-21-34)23-28(36)24-38-31-11-5-10-30-29(31)16-17-32(37)35(30)39-22-6-9-26-7-3-2-4-8-26/h2-5,7-8,10-15,28,36H,6,9,16-24H2,1H3. The first-order valence-electron chi connectivity index (χ1n) is 14.0. The highest BCUT2D eigenvalue weighted by atomic mass is 16.7. The molecule has 0 aromatic heterocycles. The molecule has 206 valence electrons. The third-order valence-electron chi connectivity index (χ3n) is 7.49. The molecule has 0 aliphatic carbocycles. The number of aliphatic hydroxyl groups is 1.